The highest BCUT2D eigenvalue weighted by Gasteiger charge is 2.61. The maximum absolute atomic E-state index is 2.67. The van der Waals surface area contributed by atoms with E-state index in [2.05, 4.69) is 195 Å². The summed E-state index contributed by atoms with van der Waals surface area (Å²) in [4.78, 5) is 4.96. The van der Waals surface area contributed by atoms with Crippen molar-refractivity contribution in [3.8, 4) is 11.1 Å². The second-order valence-corrected chi connectivity index (χ2v) is 18.8. The highest BCUT2D eigenvalue weighted by atomic mass is 15.2. The lowest BCUT2D eigenvalue weighted by molar-refractivity contribution is -0.0398. The molecule has 60 heavy (non-hydrogen) atoms. The summed E-state index contributed by atoms with van der Waals surface area (Å²) >= 11 is 0. The summed E-state index contributed by atoms with van der Waals surface area (Å²) in [6.45, 7) is 8.94. The lowest BCUT2D eigenvalue weighted by atomic mass is 9.43. The maximum Gasteiger partial charge on any atom is 0.0490 e. The van der Waals surface area contributed by atoms with Crippen LogP contribution in [0.3, 0.4) is 0 Å². The third kappa shape index (κ3) is 5.25. The van der Waals surface area contributed by atoms with Crippen LogP contribution < -0.4 is 9.80 Å². The van der Waals surface area contributed by atoms with E-state index >= 15 is 0 Å². The smallest absolute Gasteiger partial charge is 0.0490 e. The minimum absolute atomic E-state index is 0.0456. The molecule has 2 nitrogen and oxygen atoms in total. The Bertz CT molecular complexity index is 2720. The van der Waals surface area contributed by atoms with Crippen LogP contribution >= 0.6 is 0 Å². The van der Waals surface area contributed by atoms with Crippen molar-refractivity contribution >= 4 is 55.7 Å². The first-order valence-corrected chi connectivity index (χ1v) is 22.3. The van der Waals surface area contributed by atoms with Crippen LogP contribution in [-0.2, 0) is 5.41 Å². The van der Waals surface area contributed by atoms with Crippen molar-refractivity contribution < 1.29 is 0 Å². The van der Waals surface area contributed by atoms with Gasteiger partial charge in [0.2, 0.25) is 0 Å². The van der Waals surface area contributed by atoms with Crippen molar-refractivity contribution in [1.29, 1.82) is 0 Å². The quantitative estimate of drug-likeness (QED) is 0.166. The fourth-order valence-corrected chi connectivity index (χ4v) is 13.0. The van der Waals surface area contributed by atoms with Gasteiger partial charge in [-0.15, -0.1) is 0 Å². The minimum atomic E-state index is 0.0456. The Morgan fingerprint density at radius 2 is 0.717 bits per heavy atom. The van der Waals surface area contributed by atoms with E-state index in [4.69, 9.17) is 0 Å². The molecule has 0 aliphatic heterocycles. The first kappa shape index (κ1) is 35.8. The predicted molar refractivity (Wildman–Crippen MR) is 253 cm³/mol. The van der Waals surface area contributed by atoms with Gasteiger partial charge in [-0.25, -0.2) is 0 Å². The van der Waals surface area contributed by atoms with Crippen molar-refractivity contribution in [3.05, 3.63) is 191 Å². The lowest BCUT2D eigenvalue weighted by Crippen LogP contribution is -2.55. The van der Waals surface area contributed by atoms with Crippen LogP contribution in [0.15, 0.2) is 158 Å². The summed E-state index contributed by atoms with van der Waals surface area (Å²) in [7, 11) is 0. The number of para-hydroxylation sites is 4. The van der Waals surface area contributed by atoms with Gasteiger partial charge in [-0.2, -0.15) is 0 Å². The molecule has 0 radical (unpaired) electrons. The SMILES string of the molecule is Cc1ccccc1N(c1ccc2cc3c(cc2c1)C1(c2cc4cc(N(c5ccccc5C)c5ccccc5C)ccc4cc2-3)C2CC3CC(C2)CC1C3)c1ccccc1C. The lowest BCUT2D eigenvalue weighted by Gasteiger charge is -2.61. The molecular weight excluding hydrogens is 725 g/mol. The normalized spacial score (nSPS) is 20.5. The molecule has 0 atom stereocenters. The zero-order valence-electron chi connectivity index (χ0n) is 35.3. The van der Waals surface area contributed by atoms with E-state index in [1.807, 2.05) is 0 Å². The van der Waals surface area contributed by atoms with E-state index in [1.54, 1.807) is 11.1 Å². The Morgan fingerprint density at radius 3 is 1.07 bits per heavy atom. The van der Waals surface area contributed by atoms with Gasteiger partial charge in [0, 0.05) is 39.5 Å². The van der Waals surface area contributed by atoms with Gasteiger partial charge in [0.15, 0.2) is 0 Å². The number of rotatable bonds is 6. The van der Waals surface area contributed by atoms with Crippen molar-refractivity contribution in [3.63, 3.8) is 0 Å². The number of benzene rings is 8. The molecule has 0 N–H and O–H groups in total. The Hall–Kier alpha value is -6.12. The first-order chi connectivity index (χ1) is 29.3. The molecule has 0 heterocycles. The molecule has 8 aromatic carbocycles. The second kappa shape index (κ2) is 13.4. The molecule has 1 spiro atoms. The largest absolute Gasteiger partial charge is 0.310 e. The number of fused-ring (bicyclic) bond motifs is 5. The van der Waals surface area contributed by atoms with Crippen LogP contribution in [0.5, 0.6) is 0 Å². The molecular formula is C58H52N2. The standard InChI is InChI=1S/C58H52N2/c1-36-13-5-9-17-54(36)59(55-18-10-6-14-37(55)2)48-23-21-42-32-50-51-33-43-22-24-49(60(56-19-11-7-15-38(56)3)57-20-12-8-16-39(57)4)31-45(43)35-53(51)58(52(50)34-44(42)30-48)46-26-40-25-41(28-46)29-47(58)27-40/h5-24,30-35,40-41,46-47H,25-29H2,1-4H3. The van der Waals surface area contributed by atoms with Crippen molar-refractivity contribution in [2.45, 2.75) is 65.2 Å². The van der Waals surface area contributed by atoms with Crippen molar-refractivity contribution in [1.82, 2.24) is 0 Å². The highest BCUT2D eigenvalue weighted by molar-refractivity contribution is 6.01. The van der Waals surface area contributed by atoms with Gasteiger partial charge in [0.1, 0.15) is 0 Å². The molecule has 5 aliphatic rings. The molecule has 0 amide bonds. The van der Waals surface area contributed by atoms with Gasteiger partial charge in [-0.3, -0.25) is 0 Å². The average Bonchev–Trinajstić information content (AvgIpc) is 3.51. The summed E-state index contributed by atoms with van der Waals surface area (Å²) in [5, 5.41) is 5.33. The minimum Gasteiger partial charge on any atom is -0.310 e. The zero-order chi connectivity index (χ0) is 40.3. The number of nitrogens with zero attached hydrogens (tertiary/aromatic N) is 2. The molecule has 5 aliphatic carbocycles. The Balaban J connectivity index is 1.06. The fourth-order valence-electron chi connectivity index (χ4n) is 13.0. The molecule has 13 rings (SSSR count). The monoisotopic (exact) mass is 776 g/mol. The second-order valence-electron chi connectivity index (χ2n) is 18.8. The number of aryl methyl sites for hydroxylation is 4. The van der Waals surface area contributed by atoms with E-state index in [1.165, 1.54) is 121 Å². The summed E-state index contributed by atoms with van der Waals surface area (Å²) in [5.74, 6) is 3.14. The van der Waals surface area contributed by atoms with Gasteiger partial charge in [-0.05, 0) is 222 Å². The first-order valence-electron chi connectivity index (χ1n) is 22.3. The number of anilines is 6. The van der Waals surface area contributed by atoms with E-state index in [0.717, 1.165) is 11.8 Å². The third-order valence-electron chi connectivity index (χ3n) is 15.5. The Labute approximate surface area is 355 Å². The molecule has 8 aromatic rings. The molecule has 2 heteroatoms. The Morgan fingerprint density at radius 1 is 0.367 bits per heavy atom. The van der Waals surface area contributed by atoms with E-state index in [0.29, 0.717) is 11.8 Å². The van der Waals surface area contributed by atoms with Crippen molar-refractivity contribution in [2.24, 2.45) is 23.7 Å². The number of hydrogen-bond acceptors (Lipinski definition) is 2. The molecule has 0 aromatic heterocycles. The fraction of sp³-hybridized carbons (Fsp3) is 0.241. The molecule has 294 valence electrons. The van der Waals surface area contributed by atoms with Gasteiger partial charge >= 0.3 is 0 Å². The van der Waals surface area contributed by atoms with Crippen LogP contribution in [0.4, 0.5) is 34.1 Å². The molecule has 0 unspecified atom stereocenters. The molecule has 4 bridgehead atoms. The average molecular weight is 777 g/mol. The summed E-state index contributed by atoms with van der Waals surface area (Å²) in [6.07, 6.45) is 6.91. The van der Waals surface area contributed by atoms with Crippen LogP contribution in [0.2, 0.25) is 0 Å². The summed E-state index contributed by atoms with van der Waals surface area (Å²) < 4.78 is 0. The van der Waals surface area contributed by atoms with Crippen molar-refractivity contribution in [2.75, 3.05) is 9.80 Å². The molecule has 4 saturated carbocycles. The molecule has 0 saturated heterocycles. The predicted octanol–water partition coefficient (Wildman–Crippen LogP) is 15.9. The zero-order valence-corrected chi connectivity index (χ0v) is 35.3. The highest BCUT2D eigenvalue weighted by Crippen LogP contribution is 2.70. The molecule has 4 fully saturated rings. The van der Waals surface area contributed by atoms with E-state index < -0.39 is 0 Å². The number of hydrogen-bond donors (Lipinski definition) is 0. The summed E-state index contributed by atoms with van der Waals surface area (Å²) in [5.41, 5.74) is 18.6. The van der Waals surface area contributed by atoms with Crippen LogP contribution in [0, 0.1) is 51.4 Å². The topological polar surface area (TPSA) is 6.48 Å². The van der Waals surface area contributed by atoms with Crippen LogP contribution in [0.1, 0.15) is 65.5 Å². The van der Waals surface area contributed by atoms with E-state index in [-0.39, 0.29) is 5.41 Å². The third-order valence-corrected chi connectivity index (χ3v) is 15.5. The van der Waals surface area contributed by atoms with E-state index in [9.17, 15) is 0 Å². The van der Waals surface area contributed by atoms with Gasteiger partial charge in [0.05, 0.1) is 0 Å². The van der Waals surface area contributed by atoms with Crippen LogP contribution in [0.25, 0.3) is 32.7 Å². The maximum atomic E-state index is 2.67. The van der Waals surface area contributed by atoms with Gasteiger partial charge in [0.25, 0.3) is 0 Å². The Kier molecular flexibility index (Phi) is 8.02. The van der Waals surface area contributed by atoms with Gasteiger partial charge < -0.3 is 9.80 Å². The van der Waals surface area contributed by atoms with Crippen LogP contribution in [-0.4, -0.2) is 0 Å². The summed E-state index contributed by atoms with van der Waals surface area (Å²) in [6, 6.07) is 60.2. The van der Waals surface area contributed by atoms with Gasteiger partial charge in [-0.1, -0.05) is 84.9 Å².